The molecule has 0 unspecified atom stereocenters. The van der Waals surface area contributed by atoms with E-state index in [1.165, 1.54) is 6.07 Å². The highest BCUT2D eigenvalue weighted by atomic mass is 19.1. The van der Waals surface area contributed by atoms with Crippen molar-refractivity contribution >= 4 is 17.3 Å². The zero-order valence-electron chi connectivity index (χ0n) is 11.8. The van der Waals surface area contributed by atoms with Crippen LogP contribution in [0.2, 0.25) is 0 Å². The fraction of sp³-hybridized carbons (Fsp3) is 0.188. The zero-order chi connectivity index (χ0) is 14.7. The van der Waals surface area contributed by atoms with Crippen molar-refractivity contribution in [3.05, 3.63) is 58.9 Å². The number of benzene rings is 2. The summed E-state index contributed by atoms with van der Waals surface area (Å²) in [4.78, 5) is 12.3. The van der Waals surface area contributed by atoms with Gasteiger partial charge in [-0.1, -0.05) is 17.7 Å². The van der Waals surface area contributed by atoms with Crippen LogP contribution in [0.3, 0.4) is 0 Å². The largest absolute Gasteiger partial charge is 0.387 e. The Hall–Kier alpha value is -2.36. The first kappa shape index (κ1) is 14.1. The van der Waals surface area contributed by atoms with E-state index in [9.17, 15) is 9.18 Å². The van der Waals surface area contributed by atoms with Crippen molar-refractivity contribution in [2.45, 2.75) is 13.8 Å². The summed E-state index contributed by atoms with van der Waals surface area (Å²) in [5.74, 6) is -0.773. The molecule has 0 fully saturated rings. The van der Waals surface area contributed by atoms with Gasteiger partial charge in [-0.25, -0.2) is 4.39 Å². The van der Waals surface area contributed by atoms with Crippen LogP contribution in [0.5, 0.6) is 0 Å². The molecule has 1 amide bonds. The highest BCUT2D eigenvalue weighted by molar-refractivity contribution is 6.08. The van der Waals surface area contributed by atoms with Gasteiger partial charge in [0.2, 0.25) is 0 Å². The second-order valence-electron chi connectivity index (χ2n) is 4.74. The van der Waals surface area contributed by atoms with Crippen molar-refractivity contribution in [1.29, 1.82) is 0 Å². The first-order valence-electron chi connectivity index (χ1n) is 6.37. The average molecular weight is 272 g/mol. The molecule has 0 saturated carbocycles. The van der Waals surface area contributed by atoms with E-state index in [2.05, 4.69) is 10.6 Å². The van der Waals surface area contributed by atoms with Crippen LogP contribution < -0.4 is 10.6 Å². The standard InChI is InChI=1S/C16H17FN2O/c1-10-5-7-14(18-3)12(8-10)16(20)19-15-9-11(2)4-6-13(15)17/h4-9,18H,1-3H3,(H,19,20). The highest BCUT2D eigenvalue weighted by Crippen LogP contribution is 2.21. The molecule has 104 valence electrons. The number of hydrogen-bond donors (Lipinski definition) is 2. The number of anilines is 2. The molecule has 0 atom stereocenters. The van der Waals surface area contributed by atoms with Gasteiger partial charge >= 0.3 is 0 Å². The van der Waals surface area contributed by atoms with Crippen molar-refractivity contribution in [2.75, 3.05) is 17.7 Å². The summed E-state index contributed by atoms with van der Waals surface area (Å²) < 4.78 is 13.7. The lowest BCUT2D eigenvalue weighted by molar-refractivity contribution is 0.102. The Morgan fingerprint density at radius 1 is 1.00 bits per heavy atom. The van der Waals surface area contributed by atoms with Gasteiger partial charge in [0.1, 0.15) is 5.82 Å². The monoisotopic (exact) mass is 272 g/mol. The van der Waals surface area contributed by atoms with Crippen molar-refractivity contribution in [1.82, 2.24) is 0 Å². The molecule has 0 aliphatic carbocycles. The Labute approximate surface area is 117 Å². The molecule has 0 radical (unpaired) electrons. The molecule has 0 spiro atoms. The van der Waals surface area contributed by atoms with E-state index in [-0.39, 0.29) is 11.6 Å². The number of carbonyl (C=O) groups excluding carboxylic acids is 1. The molecule has 4 heteroatoms. The van der Waals surface area contributed by atoms with Gasteiger partial charge in [0.05, 0.1) is 11.3 Å². The summed E-state index contributed by atoms with van der Waals surface area (Å²) in [6.45, 7) is 3.75. The number of hydrogen-bond acceptors (Lipinski definition) is 2. The first-order valence-corrected chi connectivity index (χ1v) is 6.37. The number of carbonyl (C=O) groups is 1. The second kappa shape index (κ2) is 5.74. The van der Waals surface area contributed by atoms with Crippen LogP contribution in [0, 0.1) is 19.7 Å². The SMILES string of the molecule is CNc1ccc(C)cc1C(=O)Nc1cc(C)ccc1F. The van der Waals surface area contributed by atoms with Gasteiger partial charge in [0, 0.05) is 12.7 Å². The minimum Gasteiger partial charge on any atom is -0.387 e. The van der Waals surface area contributed by atoms with Crippen LogP contribution in [-0.2, 0) is 0 Å². The van der Waals surface area contributed by atoms with E-state index < -0.39 is 5.82 Å². The highest BCUT2D eigenvalue weighted by Gasteiger charge is 2.13. The molecular weight excluding hydrogens is 255 g/mol. The zero-order valence-corrected chi connectivity index (χ0v) is 11.8. The quantitative estimate of drug-likeness (QED) is 0.893. The Morgan fingerprint density at radius 2 is 1.65 bits per heavy atom. The smallest absolute Gasteiger partial charge is 0.257 e. The van der Waals surface area contributed by atoms with E-state index in [0.29, 0.717) is 11.3 Å². The van der Waals surface area contributed by atoms with Gasteiger partial charge in [-0.3, -0.25) is 4.79 Å². The molecule has 2 N–H and O–H groups in total. The third-order valence-electron chi connectivity index (χ3n) is 3.06. The van der Waals surface area contributed by atoms with Crippen molar-refractivity contribution in [3.63, 3.8) is 0 Å². The van der Waals surface area contributed by atoms with Gasteiger partial charge in [0.25, 0.3) is 5.91 Å². The van der Waals surface area contributed by atoms with E-state index in [0.717, 1.165) is 11.1 Å². The normalized spacial score (nSPS) is 10.2. The number of rotatable bonds is 3. The molecule has 0 heterocycles. The van der Waals surface area contributed by atoms with Crippen LogP contribution in [0.15, 0.2) is 36.4 Å². The van der Waals surface area contributed by atoms with Gasteiger partial charge in [-0.15, -0.1) is 0 Å². The molecule has 2 aromatic carbocycles. The molecule has 3 nitrogen and oxygen atoms in total. The third-order valence-corrected chi connectivity index (χ3v) is 3.06. The number of aryl methyl sites for hydroxylation is 2. The predicted molar refractivity (Wildman–Crippen MR) is 79.8 cm³/mol. The van der Waals surface area contributed by atoms with Crippen LogP contribution in [-0.4, -0.2) is 13.0 Å². The van der Waals surface area contributed by atoms with E-state index >= 15 is 0 Å². The maximum atomic E-state index is 13.7. The third kappa shape index (κ3) is 2.96. The summed E-state index contributed by atoms with van der Waals surface area (Å²) >= 11 is 0. The van der Waals surface area contributed by atoms with E-state index in [1.54, 1.807) is 25.2 Å². The summed E-state index contributed by atoms with van der Waals surface area (Å²) in [6.07, 6.45) is 0. The van der Waals surface area contributed by atoms with Crippen molar-refractivity contribution < 1.29 is 9.18 Å². The fourth-order valence-corrected chi connectivity index (χ4v) is 1.99. The lowest BCUT2D eigenvalue weighted by Gasteiger charge is -2.11. The Morgan fingerprint density at radius 3 is 2.35 bits per heavy atom. The van der Waals surface area contributed by atoms with Gasteiger partial charge < -0.3 is 10.6 Å². The molecule has 2 aromatic rings. The van der Waals surface area contributed by atoms with E-state index in [1.807, 2.05) is 26.0 Å². The fourth-order valence-electron chi connectivity index (χ4n) is 1.99. The topological polar surface area (TPSA) is 41.1 Å². The van der Waals surface area contributed by atoms with Crippen molar-refractivity contribution in [3.8, 4) is 0 Å². The Kier molecular flexibility index (Phi) is 4.03. The second-order valence-corrected chi connectivity index (χ2v) is 4.74. The number of amides is 1. The molecule has 0 aliphatic heterocycles. The maximum Gasteiger partial charge on any atom is 0.257 e. The molecule has 20 heavy (non-hydrogen) atoms. The van der Waals surface area contributed by atoms with Crippen molar-refractivity contribution in [2.24, 2.45) is 0 Å². The predicted octanol–water partition coefficient (Wildman–Crippen LogP) is 3.74. The summed E-state index contributed by atoms with van der Waals surface area (Å²) in [5, 5.41) is 5.58. The van der Waals surface area contributed by atoms with Crippen LogP contribution >= 0.6 is 0 Å². The molecule has 0 aliphatic rings. The van der Waals surface area contributed by atoms with Gasteiger partial charge in [0.15, 0.2) is 0 Å². The molecule has 0 aromatic heterocycles. The number of halogens is 1. The van der Waals surface area contributed by atoms with Gasteiger partial charge in [-0.2, -0.15) is 0 Å². The molecule has 0 bridgehead atoms. The molecule has 2 rings (SSSR count). The van der Waals surface area contributed by atoms with Crippen LogP contribution in [0.25, 0.3) is 0 Å². The van der Waals surface area contributed by atoms with Crippen LogP contribution in [0.4, 0.5) is 15.8 Å². The summed E-state index contributed by atoms with van der Waals surface area (Å²) in [7, 11) is 1.74. The first-order chi connectivity index (χ1) is 9.51. The lowest BCUT2D eigenvalue weighted by atomic mass is 10.1. The molecular formula is C16H17FN2O. The number of nitrogens with one attached hydrogen (secondary N) is 2. The maximum absolute atomic E-state index is 13.7. The molecule has 0 saturated heterocycles. The minimum absolute atomic E-state index is 0.193. The summed E-state index contributed by atoms with van der Waals surface area (Å²) in [5.41, 5.74) is 3.26. The van der Waals surface area contributed by atoms with Gasteiger partial charge in [-0.05, 0) is 43.7 Å². The summed E-state index contributed by atoms with van der Waals surface area (Å²) in [6, 6.07) is 10.1. The average Bonchev–Trinajstić information content (AvgIpc) is 2.42. The Bertz CT molecular complexity index is 653. The minimum atomic E-state index is -0.442. The van der Waals surface area contributed by atoms with Crippen LogP contribution in [0.1, 0.15) is 21.5 Å². The Balaban J connectivity index is 2.32. The lowest BCUT2D eigenvalue weighted by Crippen LogP contribution is -2.15. The van der Waals surface area contributed by atoms with E-state index in [4.69, 9.17) is 0 Å².